The zero-order valence-electron chi connectivity index (χ0n) is 14.5. The van der Waals surface area contributed by atoms with Gasteiger partial charge in [-0.05, 0) is 18.2 Å². The normalized spacial score (nSPS) is 18.7. The molecule has 1 aromatic rings. The van der Waals surface area contributed by atoms with Crippen molar-refractivity contribution in [2.45, 2.75) is 0 Å². The van der Waals surface area contributed by atoms with Crippen LogP contribution in [-0.2, 0) is 4.74 Å². The third kappa shape index (κ3) is 4.84. The summed E-state index contributed by atoms with van der Waals surface area (Å²) in [5, 5.41) is 12.0. The first-order valence-corrected chi connectivity index (χ1v) is 8.84. The van der Waals surface area contributed by atoms with Gasteiger partial charge >= 0.3 is 6.03 Å². The van der Waals surface area contributed by atoms with Crippen molar-refractivity contribution in [1.82, 2.24) is 15.1 Å². The highest BCUT2D eigenvalue weighted by Gasteiger charge is 2.21. The van der Waals surface area contributed by atoms with Crippen LogP contribution in [0, 0.1) is 11.3 Å². The number of nitriles is 1. The molecule has 0 bridgehead atoms. The molecule has 1 N–H and O–H groups in total. The topological polar surface area (TPSA) is 71.8 Å². The van der Waals surface area contributed by atoms with E-state index < -0.39 is 0 Å². The molecule has 2 fully saturated rings. The smallest absolute Gasteiger partial charge is 0.317 e. The second-order valence-electron chi connectivity index (χ2n) is 6.32. The molecule has 25 heavy (non-hydrogen) atoms. The van der Waals surface area contributed by atoms with Gasteiger partial charge in [-0.15, -0.1) is 0 Å². The van der Waals surface area contributed by atoms with Gasteiger partial charge in [0.25, 0.3) is 0 Å². The van der Waals surface area contributed by atoms with Crippen molar-refractivity contribution in [2.24, 2.45) is 0 Å². The minimum absolute atomic E-state index is 0.0127. The summed E-state index contributed by atoms with van der Waals surface area (Å²) in [7, 11) is 0. The largest absolute Gasteiger partial charge is 0.379 e. The Morgan fingerprint density at radius 2 is 1.92 bits per heavy atom. The number of rotatable bonds is 4. The number of hydrogen-bond donors (Lipinski definition) is 1. The van der Waals surface area contributed by atoms with Crippen LogP contribution in [0.25, 0.3) is 0 Å². The third-order valence-electron chi connectivity index (χ3n) is 4.72. The highest BCUT2D eigenvalue weighted by atomic mass is 16.5. The molecule has 2 amide bonds. The van der Waals surface area contributed by atoms with Crippen molar-refractivity contribution >= 4 is 11.7 Å². The van der Waals surface area contributed by atoms with E-state index in [1.54, 1.807) is 0 Å². The molecule has 0 unspecified atom stereocenters. The summed E-state index contributed by atoms with van der Waals surface area (Å²) in [5.74, 6) is 0. The Balaban J connectivity index is 1.40. The average Bonchev–Trinajstić information content (AvgIpc) is 2.69. The Morgan fingerprint density at radius 1 is 1.16 bits per heavy atom. The van der Waals surface area contributed by atoms with Gasteiger partial charge in [-0.2, -0.15) is 5.26 Å². The first-order chi connectivity index (χ1) is 12.3. The molecule has 2 saturated heterocycles. The lowest BCUT2D eigenvalue weighted by Gasteiger charge is -2.36. The molecule has 7 heteroatoms. The zero-order chi connectivity index (χ0) is 17.5. The van der Waals surface area contributed by atoms with Crippen LogP contribution in [0.2, 0.25) is 0 Å². The molecule has 2 aliphatic heterocycles. The van der Waals surface area contributed by atoms with Crippen LogP contribution in [0.5, 0.6) is 0 Å². The van der Waals surface area contributed by atoms with E-state index in [-0.39, 0.29) is 6.03 Å². The van der Waals surface area contributed by atoms with Gasteiger partial charge in [-0.25, -0.2) is 4.79 Å². The molecule has 2 heterocycles. The molecule has 0 saturated carbocycles. The Morgan fingerprint density at radius 3 is 2.64 bits per heavy atom. The average molecular weight is 343 g/mol. The first kappa shape index (κ1) is 17.5. The second kappa shape index (κ2) is 8.70. The number of nitrogens with zero attached hydrogens (tertiary/aromatic N) is 4. The van der Waals surface area contributed by atoms with Crippen molar-refractivity contribution in [2.75, 3.05) is 70.5 Å². The minimum Gasteiger partial charge on any atom is -0.379 e. The van der Waals surface area contributed by atoms with Gasteiger partial charge in [0.1, 0.15) is 0 Å². The zero-order valence-corrected chi connectivity index (χ0v) is 14.5. The molecule has 7 nitrogen and oxygen atoms in total. The number of ether oxygens (including phenoxy) is 1. The number of morpholine rings is 1. The first-order valence-electron chi connectivity index (χ1n) is 8.84. The quantitative estimate of drug-likeness (QED) is 0.872. The summed E-state index contributed by atoms with van der Waals surface area (Å²) in [4.78, 5) is 18.7. The van der Waals surface area contributed by atoms with Gasteiger partial charge in [0.2, 0.25) is 0 Å². The minimum atomic E-state index is 0.0127. The Kier molecular flexibility index (Phi) is 6.09. The van der Waals surface area contributed by atoms with Gasteiger partial charge in [0.05, 0.1) is 24.8 Å². The number of piperazine rings is 1. The van der Waals surface area contributed by atoms with E-state index in [0.29, 0.717) is 25.2 Å². The fraction of sp³-hybridized carbons (Fsp3) is 0.556. The lowest BCUT2D eigenvalue weighted by atomic mass is 10.2. The van der Waals surface area contributed by atoms with Gasteiger partial charge in [0.15, 0.2) is 0 Å². The summed E-state index contributed by atoms with van der Waals surface area (Å²) in [5.41, 5.74) is 1.72. The van der Waals surface area contributed by atoms with Crippen LogP contribution in [0.15, 0.2) is 24.3 Å². The maximum absolute atomic E-state index is 12.3. The number of benzene rings is 1. The predicted octanol–water partition coefficient (Wildman–Crippen LogP) is 0.722. The number of amides is 2. The van der Waals surface area contributed by atoms with Crippen molar-refractivity contribution < 1.29 is 9.53 Å². The molecule has 0 radical (unpaired) electrons. The van der Waals surface area contributed by atoms with Crippen LogP contribution >= 0.6 is 0 Å². The van der Waals surface area contributed by atoms with Crippen molar-refractivity contribution in [1.29, 1.82) is 5.26 Å². The van der Waals surface area contributed by atoms with Gasteiger partial charge in [0, 0.05) is 58.0 Å². The molecular weight excluding hydrogens is 318 g/mol. The molecule has 2 aliphatic rings. The molecule has 134 valence electrons. The molecule has 3 rings (SSSR count). The number of carbonyl (C=O) groups excluding carboxylic acids is 1. The Labute approximate surface area is 148 Å². The molecule has 0 aromatic heterocycles. The third-order valence-corrected chi connectivity index (χ3v) is 4.72. The summed E-state index contributed by atoms with van der Waals surface area (Å²) in [6.45, 7) is 7.94. The number of anilines is 1. The van der Waals surface area contributed by atoms with E-state index in [1.165, 1.54) is 0 Å². The predicted molar refractivity (Wildman–Crippen MR) is 95.6 cm³/mol. The summed E-state index contributed by atoms with van der Waals surface area (Å²) in [6, 6.07) is 9.81. The van der Waals surface area contributed by atoms with Crippen LogP contribution < -0.4 is 10.2 Å². The van der Waals surface area contributed by atoms with Crippen LogP contribution in [0.4, 0.5) is 10.5 Å². The lowest BCUT2D eigenvalue weighted by Crippen LogP contribution is -2.52. The number of carbonyl (C=O) groups is 1. The fourth-order valence-corrected chi connectivity index (χ4v) is 3.20. The Bertz CT molecular complexity index is 616. The van der Waals surface area contributed by atoms with Gasteiger partial charge in [-0.1, -0.05) is 6.07 Å². The van der Waals surface area contributed by atoms with Crippen LogP contribution in [0.3, 0.4) is 0 Å². The number of nitrogens with one attached hydrogen (secondary N) is 1. The van der Waals surface area contributed by atoms with E-state index in [0.717, 1.165) is 51.6 Å². The van der Waals surface area contributed by atoms with Crippen LogP contribution in [0.1, 0.15) is 5.56 Å². The maximum Gasteiger partial charge on any atom is 0.317 e. The monoisotopic (exact) mass is 343 g/mol. The number of urea groups is 1. The molecule has 0 atom stereocenters. The highest BCUT2D eigenvalue weighted by Crippen LogP contribution is 2.17. The van der Waals surface area contributed by atoms with Gasteiger partial charge in [-0.3, -0.25) is 4.90 Å². The summed E-state index contributed by atoms with van der Waals surface area (Å²) >= 11 is 0. The highest BCUT2D eigenvalue weighted by molar-refractivity contribution is 5.74. The SMILES string of the molecule is N#Cc1cccc(N2CCN(C(=O)NCCN3CCOCC3)CC2)c1. The van der Waals surface area contributed by atoms with Crippen LogP contribution in [-0.4, -0.2) is 81.4 Å². The molecular formula is C18H25N5O2. The summed E-state index contributed by atoms with van der Waals surface area (Å²) < 4.78 is 5.32. The fourth-order valence-electron chi connectivity index (χ4n) is 3.20. The summed E-state index contributed by atoms with van der Waals surface area (Å²) in [6.07, 6.45) is 0. The van der Waals surface area contributed by atoms with Crippen molar-refractivity contribution in [3.05, 3.63) is 29.8 Å². The van der Waals surface area contributed by atoms with Gasteiger partial charge < -0.3 is 19.9 Å². The lowest BCUT2D eigenvalue weighted by molar-refractivity contribution is 0.0386. The molecule has 0 aliphatic carbocycles. The van der Waals surface area contributed by atoms with E-state index in [4.69, 9.17) is 10.00 Å². The Hall–Kier alpha value is -2.30. The standard InChI is InChI=1S/C18H25N5O2/c19-15-16-2-1-3-17(14-16)22-6-8-23(9-7-22)18(24)20-4-5-21-10-12-25-13-11-21/h1-3,14H,4-13H2,(H,20,24). The maximum atomic E-state index is 12.3. The number of hydrogen-bond acceptors (Lipinski definition) is 5. The molecule has 0 spiro atoms. The van der Waals surface area contributed by atoms with E-state index >= 15 is 0 Å². The second-order valence-corrected chi connectivity index (χ2v) is 6.32. The van der Waals surface area contributed by atoms with E-state index in [1.807, 2.05) is 29.2 Å². The van der Waals surface area contributed by atoms with E-state index in [9.17, 15) is 4.79 Å². The van der Waals surface area contributed by atoms with Crippen molar-refractivity contribution in [3.63, 3.8) is 0 Å². The van der Waals surface area contributed by atoms with Crippen molar-refractivity contribution in [3.8, 4) is 6.07 Å². The molecule has 1 aromatic carbocycles. The van der Waals surface area contributed by atoms with E-state index in [2.05, 4.69) is 21.2 Å².